The van der Waals surface area contributed by atoms with Crippen molar-refractivity contribution in [1.82, 2.24) is 9.55 Å². The van der Waals surface area contributed by atoms with Crippen molar-refractivity contribution in [3.8, 4) is 11.8 Å². The summed E-state index contributed by atoms with van der Waals surface area (Å²) in [4.78, 5) is 4.18. The molecule has 3 rings (SSSR count). The Labute approximate surface area is 146 Å². The quantitative estimate of drug-likeness (QED) is 0.617. The summed E-state index contributed by atoms with van der Waals surface area (Å²) in [6.07, 6.45) is 5.50. The smallest absolute Gasteiger partial charge is 0.0998 e. The molecule has 0 saturated carbocycles. The second kappa shape index (κ2) is 6.74. The van der Waals surface area contributed by atoms with Crippen LogP contribution in [0.15, 0.2) is 54.9 Å². The molecule has 0 amide bonds. The van der Waals surface area contributed by atoms with Gasteiger partial charge in [0.05, 0.1) is 23.5 Å². The zero-order valence-corrected chi connectivity index (χ0v) is 14.2. The first-order chi connectivity index (χ1) is 11.6. The van der Waals surface area contributed by atoms with Gasteiger partial charge in [-0.2, -0.15) is 5.26 Å². The number of allylic oxidation sites excluding steroid dienone is 1. The molecule has 3 nitrogen and oxygen atoms in total. The van der Waals surface area contributed by atoms with Crippen LogP contribution in [0.25, 0.3) is 17.3 Å². The molecule has 0 unspecified atom stereocenters. The van der Waals surface area contributed by atoms with Gasteiger partial charge in [0, 0.05) is 22.6 Å². The maximum absolute atomic E-state index is 9.53. The van der Waals surface area contributed by atoms with Crippen molar-refractivity contribution in [1.29, 1.82) is 5.26 Å². The van der Waals surface area contributed by atoms with Gasteiger partial charge in [-0.3, -0.25) is 4.98 Å². The van der Waals surface area contributed by atoms with E-state index in [0.29, 0.717) is 10.6 Å². The molecular formula is C20H16ClN3. The van der Waals surface area contributed by atoms with Gasteiger partial charge in [-0.15, -0.1) is 0 Å². The molecule has 0 radical (unpaired) electrons. The van der Waals surface area contributed by atoms with Crippen molar-refractivity contribution in [2.45, 2.75) is 13.8 Å². The highest BCUT2D eigenvalue weighted by Crippen LogP contribution is 2.25. The zero-order valence-electron chi connectivity index (χ0n) is 13.5. The average Bonchev–Trinajstić information content (AvgIpc) is 2.88. The molecule has 0 N–H and O–H groups in total. The monoisotopic (exact) mass is 333 g/mol. The van der Waals surface area contributed by atoms with E-state index in [1.165, 1.54) is 0 Å². The fourth-order valence-corrected chi connectivity index (χ4v) is 2.91. The molecule has 2 aromatic heterocycles. The molecular weight excluding hydrogens is 318 g/mol. The maximum atomic E-state index is 9.53. The van der Waals surface area contributed by atoms with Gasteiger partial charge >= 0.3 is 0 Å². The van der Waals surface area contributed by atoms with Crippen LogP contribution in [0, 0.1) is 25.2 Å². The highest BCUT2D eigenvalue weighted by molar-refractivity contribution is 6.30. The number of aromatic nitrogens is 2. The average molecular weight is 334 g/mol. The number of nitrogens with zero attached hydrogens (tertiary/aromatic N) is 3. The van der Waals surface area contributed by atoms with Gasteiger partial charge in [0.25, 0.3) is 0 Å². The first-order valence-electron chi connectivity index (χ1n) is 7.57. The van der Waals surface area contributed by atoms with Crippen LogP contribution >= 0.6 is 11.6 Å². The SMILES string of the molecule is Cc1cc(/C=C(/C#N)c2ccc(Cl)cc2)c(C)n1-c1cccnc1. The first kappa shape index (κ1) is 16.0. The molecule has 2 heterocycles. The lowest BCUT2D eigenvalue weighted by Gasteiger charge is -2.08. The van der Waals surface area contributed by atoms with E-state index in [4.69, 9.17) is 11.6 Å². The van der Waals surface area contributed by atoms with Crippen LogP contribution < -0.4 is 0 Å². The van der Waals surface area contributed by atoms with Crippen LogP contribution in [-0.4, -0.2) is 9.55 Å². The summed E-state index contributed by atoms with van der Waals surface area (Å²) >= 11 is 5.93. The Kier molecular flexibility index (Phi) is 4.50. The molecule has 24 heavy (non-hydrogen) atoms. The van der Waals surface area contributed by atoms with Crippen molar-refractivity contribution in [2.24, 2.45) is 0 Å². The minimum absolute atomic E-state index is 0.609. The fourth-order valence-electron chi connectivity index (χ4n) is 2.78. The Morgan fingerprint density at radius 3 is 2.58 bits per heavy atom. The molecule has 0 spiro atoms. The predicted octanol–water partition coefficient (Wildman–Crippen LogP) is 5.21. The van der Waals surface area contributed by atoms with E-state index in [9.17, 15) is 5.26 Å². The number of nitriles is 1. The third-order valence-electron chi connectivity index (χ3n) is 3.95. The topological polar surface area (TPSA) is 41.6 Å². The molecule has 0 saturated heterocycles. The Morgan fingerprint density at radius 2 is 1.96 bits per heavy atom. The molecule has 0 fully saturated rings. The van der Waals surface area contributed by atoms with Crippen molar-refractivity contribution < 1.29 is 0 Å². The maximum Gasteiger partial charge on any atom is 0.0998 e. The van der Waals surface area contributed by atoms with Crippen molar-refractivity contribution in [2.75, 3.05) is 0 Å². The van der Waals surface area contributed by atoms with E-state index in [0.717, 1.165) is 28.2 Å². The van der Waals surface area contributed by atoms with E-state index in [1.54, 1.807) is 18.3 Å². The van der Waals surface area contributed by atoms with Gasteiger partial charge in [0.2, 0.25) is 0 Å². The number of halogens is 1. The lowest BCUT2D eigenvalue weighted by atomic mass is 10.0. The van der Waals surface area contributed by atoms with E-state index in [1.807, 2.05) is 50.4 Å². The van der Waals surface area contributed by atoms with Gasteiger partial charge < -0.3 is 4.57 Å². The van der Waals surface area contributed by atoms with Crippen LogP contribution in [0.3, 0.4) is 0 Å². The second-order valence-electron chi connectivity index (χ2n) is 5.55. The summed E-state index contributed by atoms with van der Waals surface area (Å²) in [6, 6.07) is 15.6. The van der Waals surface area contributed by atoms with Crippen LogP contribution in [0.5, 0.6) is 0 Å². The van der Waals surface area contributed by atoms with Crippen LogP contribution in [0.4, 0.5) is 0 Å². The van der Waals surface area contributed by atoms with Crippen LogP contribution in [0.2, 0.25) is 5.02 Å². The molecule has 0 aliphatic rings. The van der Waals surface area contributed by atoms with Gasteiger partial charge in [0.15, 0.2) is 0 Å². The Morgan fingerprint density at radius 1 is 1.21 bits per heavy atom. The minimum atomic E-state index is 0.609. The van der Waals surface area contributed by atoms with E-state index in [-0.39, 0.29) is 0 Å². The molecule has 118 valence electrons. The van der Waals surface area contributed by atoms with Gasteiger partial charge in [-0.1, -0.05) is 23.7 Å². The summed E-state index contributed by atoms with van der Waals surface area (Å²) in [5.41, 5.74) is 5.66. The third-order valence-corrected chi connectivity index (χ3v) is 4.20. The van der Waals surface area contributed by atoms with Gasteiger partial charge in [-0.05, 0) is 61.4 Å². The molecule has 4 heteroatoms. The normalized spacial score (nSPS) is 11.3. The standard InChI is InChI=1S/C20H16ClN3/c1-14-10-17(15(2)24(14)20-4-3-9-23-13-20)11-18(12-22)16-5-7-19(21)8-6-16/h3-11,13H,1-2H3/b18-11-. The molecule has 0 bridgehead atoms. The molecule has 1 aromatic carbocycles. The fraction of sp³-hybridized carbons (Fsp3) is 0.100. The first-order valence-corrected chi connectivity index (χ1v) is 7.95. The number of hydrogen-bond acceptors (Lipinski definition) is 2. The summed E-state index contributed by atoms with van der Waals surface area (Å²) in [5.74, 6) is 0. The van der Waals surface area contributed by atoms with E-state index >= 15 is 0 Å². The van der Waals surface area contributed by atoms with Crippen molar-refractivity contribution in [3.05, 3.63) is 82.4 Å². The van der Waals surface area contributed by atoms with Gasteiger partial charge in [-0.25, -0.2) is 0 Å². The summed E-state index contributed by atoms with van der Waals surface area (Å²) < 4.78 is 2.13. The summed E-state index contributed by atoms with van der Waals surface area (Å²) in [7, 11) is 0. The van der Waals surface area contributed by atoms with Crippen molar-refractivity contribution >= 4 is 23.3 Å². The highest BCUT2D eigenvalue weighted by Gasteiger charge is 2.11. The van der Waals surface area contributed by atoms with Crippen molar-refractivity contribution in [3.63, 3.8) is 0 Å². The molecule has 0 aliphatic heterocycles. The molecule has 0 aliphatic carbocycles. The lowest BCUT2D eigenvalue weighted by molar-refractivity contribution is 0.954. The lowest BCUT2D eigenvalue weighted by Crippen LogP contribution is -1.99. The van der Waals surface area contributed by atoms with Crippen LogP contribution in [0.1, 0.15) is 22.5 Å². The summed E-state index contributed by atoms with van der Waals surface area (Å²) in [5, 5.41) is 10.2. The summed E-state index contributed by atoms with van der Waals surface area (Å²) in [6.45, 7) is 4.09. The number of aryl methyl sites for hydroxylation is 1. The third kappa shape index (κ3) is 3.10. The van der Waals surface area contributed by atoms with E-state index < -0.39 is 0 Å². The number of hydrogen-bond donors (Lipinski definition) is 0. The van der Waals surface area contributed by atoms with E-state index in [2.05, 4.69) is 21.7 Å². The number of pyridine rings is 1. The second-order valence-corrected chi connectivity index (χ2v) is 5.99. The Bertz CT molecular complexity index is 930. The van der Waals surface area contributed by atoms with Crippen LogP contribution in [-0.2, 0) is 0 Å². The predicted molar refractivity (Wildman–Crippen MR) is 98.0 cm³/mol. The molecule has 3 aromatic rings. The molecule has 0 atom stereocenters. The number of benzene rings is 1. The zero-order chi connectivity index (χ0) is 17.1. The number of rotatable bonds is 3. The van der Waals surface area contributed by atoms with Gasteiger partial charge in [0.1, 0.15) is 0 Å². The largest absolute Gasteiger partial charge is 0.316 e. The Balaban J connectivity index is 2.07. The highest BCUT2D eigenvalue weighted by atomic mass is 35.5. The minimum Gasteiger partial charge on any atom is -0.316 e. The Hall–Kier alpha value is -2.83.